The zero-order chi connectivity index (χ0) is 20.4. The van der Waals surface area contributed by atoms with Gasteiger partial charge < -0.3 is 29.4 Å². The van der Waals surface area contributed by atoms with Gasteiger partial charge in [-0.3, -0.25) is 4.79 Å². The lowest BCUT2D eigenvalue weighted by atomic mass is 9.95. The van der Waals surface area contributed by atoms with Crippen molar-refractivity contribution in [3.05, 3.63) is 65.2 Å². The quantitative estimate of drug-likeness (QED) is 0.791. The van der Waals surface area contributed by atoms with E-state index in [1.807, 2.05) is 30.3 Å². The molecule has 2 N–H and O–H groups in total. The average Bonchev–Trinajstić information content (AvgIpc) is 2.73. The van der Waals surface area contributed by atoms with Crippen LogP contribution >= 0.6 is 11.6 Å². The van der Waals surface area contributed by atoms with Gasteiger partial charge in [0.2, 0.25) is 12.2 Å². The fraction of sp³-hybridized carbons (Fsp3) is 0.381. The van der Waals surface area contributed by atoms with Crippen molar-refractivity contribution in [1.29, 1.82) is 0 Å². The maximum Gasteiger partial charge on any atom is 0.223 e. The number of benzene rings is 2. The number of amides is 1. The first-order chi connectivity index (χ1) is 14.0. The Labute approximate surface area is 173 Å². The van der Waals surface area contributed by atoms with E-state index in [-0.39, 0.29) is 12.5 Å². The van der Waals surface area contributed by atoms with Gasteiger partial charge in [-0.2, -0.15) is 0 Å². The lowest BCUT2D eigenvalue weighted by molar-refractivity contribution is -0.333. The number of aliphatic hydroxyl groups excluding tert-OH is 1. The molecule has 4 rings (SSSR count). The van der Waals surface area contributed by atoms with Crippen LogP contribution in [0.15, 0.2) is 54.6 Å². The summed E-state index contributed by atoms with van der Waals surface area (Å²) in [6.45, 7) is 1.57. The van der Waals surface area contributed by atoms with Gasteiger partial charge in [0.1, 0.15) is 30.1 Å². The van der Waals surface area contributed by atoms with Crippen LogP contribution < -0.4 is 10.1 Å². The Morgan fingerprint density at radius 1 is 1.14 bits per heavy atom. The van der Waals surface area contributed by atoms with Crippen molar-refractivity contribution >= 4 is 17.5 Å². The molecule has 0 spiro atoms. The topological polar surface area (TPSA) is 86.3 Å². The number of rotatable bonds is 4. The monoisotopic (exact) mass is 419 g/mol. The SMILES string of the molecule is CC(=O)N[C@@H]1[C@H](Oc2ccccc2Cl)O[C@@H]2CO[C@H](c3ccccc3)O[C@@H]2[C@@H]1O. The van der Waals surface area contributed by atoms with Gasteiger partial charge in [0, 0.05) is 12.5 Å². The van der Waals surface area contributed by atoms with E-state index < -0.39 is 36.9 Å². The van der Waals surface area contributed by atoms with Crippen molar-refractivity contribution in [2.45, 2.75) is 43.9 Å². The van der Waals surface area contributed by atoms with Gasteiger partial charge in [-0.05, 0) is 12.1 Å². The summed E-state index contributed by atoms with van der Waals surface area (Å²) in [6, 6.07) is 15.5. The van der Waals surface area contributed by atoms with E-state index in [9.17, 15) is 9.90 Å². The van der Waals surface area contributed by atoms with Gasteiger partial charge >= 0.3 is 0 Å². The highest BCUT2D eigenvalue weighted by Crippen LogP contribution is 2.35. The first-order valence-corrected chi connectivity index (χ1v) is 9.74. The molecule has 2 heterocycles. The lowest BCUT2D eigenvalue weighted by Crippen LogP contribution is -2.67. The number of hydrogen-bond acceptors (Lipinski definition) is 6. The van der Waals surface area contributed by atoms with Crippen LogP contribution in [0.5, 0.6) is 5.75 Å². The van der Waals surface area contributed by atoms with Crippen LogP contribution in [-0.2, 0) is 19.0 Å². The summed E-state index contributed by atoms with van der Waals surface area (Å²) in [6.07, 6.45) is -3.93. The largest absolute Gasteiger partial charge is 0.461 e. The summed E-state index contributed by atoms with van der Waals surface area (Å²) >= 11 is 6.18. The summed E-state index contributed by atoms with van der Waals surface area (Å²) in [5.74, 6) is 0.0653. The molecule has 2 fully saturated rings. The predicted molar refractivity (Wildman–Crippen MR) is 104 cm³/mol. The number of para-hydroxylation sites is 1. The van der Waals surface area contributed by atoms with Crippen LogP contribution in [0.4, 0.5) is 0 Å². The maximum absolute atomic E-state index is 11.7. The van der Waals surface area contributed by atoms with E-state index in [0.29, 0.717) is 10.8 Å². The van der Waals surface area contributed by atoms with Crippen molar-refractivity contribution in [3.63, 3.8) is 0 Å². The second-order valence-corrected chi connectivity index (χ2v) is 7.39. The predicted octanol–water partition coefficient (Wildman–Crippen LogP) is 2.42. The molecule has 0 unspecified atom stereocenters. The number of ether oxygens (including phenoxy) is 4. The van der Waals surface area contributed by atoms with Crippen LogP contribution in [0.3, 0.4) is 0 Å². The molecule has 2 aliphatic heterocycles. The van der Waals surface area contributed by atoms with E-state index in [1.165, 1.54) is 6.92 Å². The fourth-order valence-corrected chi connectivity index (χ4v) is 3.71. The number of aliphatic hydroxyl groups is 1. The van der Waals surface area contributed by atoms with Crippen molar-refractivity contribution in [2.24, 2.45) is 0 Å². The van der Waals surface area contributed by atoms with E-state index in [1.54, 1.807) is 24.3 Å². The molecule has 2 aromatic rings. The Kier molecular flexibility index (Phi) is 6.03. The molecule has 29 heavy (non-hydrogen) atoms. The molecule has 8 heteroatoms. The van der Waals surface area contributed by atoms with Gasteiger partial charge in [-0.1, -0.05) is 54.1 Å². The number of nitrogens with one attached hydrogen (secondary N) is 1. The van der Waals surface area contributed by atoms with E-state index in [2.05, 4.69) is 5.32 Å². The van der Waals surface area contributed by atoms with Gasteiger partial charge in [-0.25, -0.2) is 0 Å². The molecule has 7 nitrogen and oxygen atoms in total. The standard InChI is InChI=1S/C21H22ClNO6/c1-12(24)23-17-18(25)19-16(11-26-20(29-19)13-7-3-2-4-8-13)28-21(17)27-15-10-6-5-9-14(15)22/h2-10,16-21,25H,11H2,1H3,(H,23,24)/t16-,17+,18-,19+,20+,21-/m1/s1. The molecular formula is C21H22ClNO6. The van der Waals surface area contributed by atoms with Crippen molar-refractivity contribution < 1.29 is 28.8 Å². The maximum atomic E-state index is 11.7. The summed E-state index contributed by atoms with van der Waals surface area (Å²) in [7, 11) is 0. The third-order valence-electron chi connectivity index (χ3n) is 4.89. The molecule has 154 valence electrons. The number of fused-ring (bicyclic) bond motifs is 1. The second-order valence-electron chi connectivity index (χ2n) is 6.98. The summed E-state index contributed by atoms with van der Waals surface area (Å²) in [5.41, 5.74) is 0.837. The molecule has 0 aromatic heterocycles. The van der Waals surface area contributed by atoms with Crippen molar-refractivity contribution in [3.8, 4) is 5.75 Å². The normalized spacial score (nSPS) is 31.6. The Morgan fingerprint density at radius 3 is 2.59 bits per heavy atom. The van der Waals surface area contributed by atoms with Gasteiger partial charge in [0.05, 0.1) is 11.6 Å². The van der Waals surface area contributed by atoms with Crippen LogP contribution in [0.25, 0.3) is 0 Å². The third kappa shape index (κ3) is 4.39. The van der Waals surface area contributed by atoms with E-state index >= 15 is 0 Å². The molecule has 2 aromatic carbocycles. The van der Waals surface area contributed by atoms with Crippen LogP contribution in [-0.4, -0.2) is 48.3 Å². The summed E-state index contributed by atoms with van der Waals surface area (Å²) < 4.78 is 23.7. The number of carbonyl (C=O) groups excluding carboxylic acids is 1. The van der Waals surface area contributed by atoms with E-state index in [4.69, 9.17) is 30.5 Å². The summed E-state index contributed by atoms with van der Waals surface area (Å²) in [4.78, 5) is 11.7. The Morgan fingerprint density at radius 2 is 1.86 bits per heavy atom. The van der Waals surface area contributed by atoms with Crippen LogP contribution in [0.1, 0.15) is 18.8 Å². The van der Waals surface area contributed by atoms with Crippen LogP contribution in [0.2, 0.25) is 5.02 Å². The molecule has 0 aliphatic carbocycles. The average molecular weight is 420 g/mol. The highest BCUT2D eigenvalue weighted by atomic mass is 35.5. The minimum Gasteiger partial charge on any atom is -0.461 e. The lowest BCUT2D eigenvalue weighted by Gasteiger charge is -2.47. The highest BCUT2D eigenvalue weighted by Gasteiger charge is 2.50. The summed E-state index contributed by atoms with van der Waals surface area (Å²) in [5, 5.41) is 14.1. The second kappa shape index (κ2) is 8.69. The molecule has 0 saturated carbocycles. The minimum atomic E-state index is -1.07. The van der Waals surface area contributed by atoms with Gasteiger partial charge in [0.15, 0.2) is 6.29 Å². The zero-order valence-electron chi connectivity index (χ0n) is 15.7. The third-order valence-corrected chi connectivity index (χ3v) is 5.20. The van der Waals surface area contributed by atoms with Crippen molar-refractivity contribution in [1.82, 2.24) is 5.32 Å². The van der Waals surface area contributed by atoms with E-state index in [0.717, 1.165) is 5.56 Å². The molecule has 2 aliphatic rings. The van der Waals surface area contributed by atoms with Crippen LogP contribution in [0, 0.1) is 0 Å². The molecule has 1 amide bonds. The highest BCUT2D eigenvalue weighted by molar-refractivity contribution is 6.32. The molecule has 0 radical (unpaired) electrons. The van der Waals surface area contributed by atoms with Gasteiger partial charge in [0.25, 0.3) is 0 Å². The molecule has 6 atom stereocenters. The number of hydrogen-bond donors (Lipinski definition) is 2. The first-order valence-electron chi connectivity index (χ1n) is 9.37. The molecular weight excluding hydrogens is 398 g/mol. The molecule has 0 bridgehead atoms. The van der Waals surface area contributed by atoms with Gasteiger partial charge in [-0.15, -0.1) is 0 Å². The Balaban J connectivity index is 1.55. The Bertz CT molecular complexity index is 850. The fourth-order valence-electron chi connectivity index (χ4n) is 3.53. The molecule has 2 saturated heterocycles. The minimum absolute atomic E-state index is 0.205. The number of halogens is 1. The van der Waals surface area contributed by atoms with Crippen molar-refractivity contribution in [2.75, 3.05) is 6.61 Å². The zero-order valence-corrected chi connectivity index (χ0v) is 16.5. The Hall–Kier alpha value is -2.16. The first kappa shape index (κ1) is 20.1. The smallest absolute Gasteiger partial charge is 0.223 e. The number of carbonyl (C=O) groups is 1.